The minimum absolute atomic E-state index is 0.908. The second kappa shape index (κ2) is 10.8. The molecule has 53 heavy (non-hydrogen) atoms. The van der Waals surface area contributed by atoms with E-state index in [1.165, 1.54) is 86.7 Å². The van der Waals surface area contributed by atoms with Crippen LogP contribution in [0.2, 0.25) is 0 Å². The predicted molar refractivity (Wildman–Crippen MR) is 227 cm³/mol. The summed E-state index contributed by atoms with van der Waals surface area (Å²) in [5.74, 6) is 0. The van der Waals surface area contributed by atoms with E-state index in [2.05, 4.69) is 182 Å². The molecular weight excluding hydrogens is 641 g/mol. The van der Waals surface area contributed by atoms with Gasteiger partial charge in [-0.15, -0.1) is 0 Å². The molecule has 12 aromatic rings. The molecule has 11 aromatic carbocycles. The maximum absolute atomic E-state index is 6.70. The smallest absolute Gasteiger partial charge is 0.143 e. The van der Waals surface area contributed by atoms with E-state index in [1.54, 1.807) is 0 Å². The lowest BCUT2D eigenvalue weighted by Crippen LogP contribution is -1.93. The molecule has 1 nitrogen and oxygen atoms in total. The lowest BCUT2D eigenvalue weighted by atomic mass is 9.82. The number of benzene rings is 11. The summed E-state index contributed by atoms with van der Waals surface area (Å²) in [4.78, 5) is 0. The van der Waals surface area contributed by atoms with E-state index in [1.807, 2.05) is 0 Å². The van der Waals surface area contributed by atoms with Gasteiger partial charge in [0.2, 0.25) is 0 Å². The number of furan rings is 1. The maximum Gasteiger partial charge on any atom is 0.143 e. The molecule has 0 amide bonds. The van der Waals surface area contributed by atoms with Crippen LogP contribution in [0.5, 0.6) is 0 Å². The van der Waals surface area contributed by atoms with Crippen LogP contribution in [0.15, 0.2) is 186 Å². The van der Waals surface area contributed by atoms with E-state index in [4.69, 9.17) is 4.42 Å². The molecule has 0 unspecified atom stereocenters. The topological polar surface area (TPSA) is 13.1 Å². The molecule has 0 saturated carbocycles. The summed E-state index contributed by atoms with van der Waals surface area (Å²) in [5, 5.41) is 19.9. The Morgan fingerprint density at radius 3 is 1.42 bits per heavy atom. The van der Waals surface area contributed by atoms with Gasteiger partial charge in [-0.25, -0.2) is 0 Å². The van der Waals surface area contributed by atoms with E-state index in [0.29, 0.717) is 0 Å². The van der Waals surface area contributed by atoms with Crippen molar-refractivity contribution in [2.75, 3.05) is 0 Å². The van der Waals surface area contributed by atoms with Gasteiger partial charge in [0.25, 0.3) is 0 Å². The average Bonchev–Trinajstić information content (AvgIpc) is 3.61. The first-order valence-corrected chi connectivity index (χ1v) is 18.3. The fourth-order valence-electron chi connectivity index (χ4n) is 9.36. The van der Waals surface area contributed by atoms with Gasteiger partial charge in [-0.2, -0.15) is 0 Å². The lowest BCUT2D eigenvalue weighted by Gasteiger charge is -2.20. The van der Waals surface area contributed by atoms with Crippen molar-refractivity contribution in [3.63, 3.8) is 0 Å². The summed E-state index contributed by atoms with van der Waals surface area (Å²) in [7, 11) is 0. The molecule has 0 atom stereocenters. The van der Waals surface area contributed by atoms with Gasteiger partial charge in [0.1, 0.15) is 11.2 Å². The van der Waals surface area contributed by atoms with Crippen molar-refractivity contribution in [2.45, 2.75) is 0 Å². The van der Waals surface area contributed by atoms with Crippen LogP contribution in [-0.4, -0.2) is 0 Å². The third kappa shape index (κ3) is 3.97. The van der Waals surface area contributed by atoms with Gasteiger partial charge >= 0.3 is 0 Å². The zero-order chi connectivity index (χ0) is 34.6. The molecule has 0 bridgehead atoms. The second-order valence-electron chi connectivity index (χ2n) is 14.3. The first-order chi connectivity index (χ1) is 26.3. The molecule has 0 spiro atoms. The van der Waals surface area contributed by atoms with Gasteiger partial charge < -0.3 is 4.42 Å². The fraction of sp³-hybridized carbons (Fsp3) is 0. The lowest BCUT2D eigenvalue weighted by molar-refractivity contribution is 0.673. The maximum atomic E-state index is 6.70. The van der Waals surface area contributed by atoms with Crippen LogP contribution in [0, 0.1) is 0 Å². The normalized spacial score (nSPS) is 12.2. The fourth-order valence-corrected chi connectivity index (χ4v) is 9.36. The molecule has 0 fully saturated rings. The van der Waals surface area contributed by atoms with Crippen LogP contribution in [-0.2, 0) is 0 Å². The summed E-state index contributed by atoms with van der Waals surface area (Å²) >= 11 is 0. The molecule has 12 rings (SSSR count). The number of rotatable bonds is 2. The molecule has 1 aromatic heterocycles. The molecular formula is C52H30O. The highest BCUT2D eigenvalue weighted by atomic mass is 16.3. The van der Waals surface area contributed by atoms with Crippen molar-refractivity contribution < 1.29 is 4.42 Å². The molecule has 0 aliphatic rings. The third-order valence-corrected chi connectivity index (χ3v) is 11.6. The molecule has 0 N–H and O–H groups in total. The van der Waals surface area contributed by atoms with Crippen LogP contribution < -0.4 is 0 Å². The second-order valence-corrected chi connectivity index (χ2v) is 14.3. The highest BCUT2D eigenvalue weighted by Gasteiger charge is 2.21. The van der Waals surface area contributed by atoms with Crippen molar-refractivity contribution in [3.8, 4) is 22.3 Å². The third-order valence-electron chi connectivity index (χ3n) is 11.6. The SMILES string of the molecule is c1ccc2c(c1)ccc1c3ccc(-c4c5ccccc5c(-c5cc6c7ccccc7c7ccccc7c6c6ccccc56)c5ccccc45)cc3oc21. The summed E-state index contributed by atoms with van der Waals surface area (Å²) in [5.41, 5.74) is 6.77. The Balaban J connectivity index is 1.20. The Morgan fingerprint density at radius 2 is 0.755 bits per heavy atom. The van der Waals surface area contributed by atoms with Crippen molar-refractivity contribution in [1.29, 1.82) is 0 Å². The summed E-state index contributed by atoms with van der Waals surface area (Å²) in [6.07, 6.45) is 0. The predicted octanol–water partition coefficient (Wildman–Crippen LogP) is 15.0. The van der Waals surface area contributed by atoms with Crippen molar-refractivity contribution in [3.05, 3.63) is 182 Å². The molecule has 1 heterocycles. The van der Waals surface area contributed by atoms with E-state index < -0.39 is 0 Å². The number of fused-ring (bicyclic) bond motifs is 15. The van der Waals surface area contributed by atoms with Gasteiger partial charge in [-0.3, -0.25) is 0 Å². The van der Waals surface area contributed by atoms with E-state index >= 15 is 0 Å². The van der Waals surface area contributed by atoms with Crippen molar-refractivity contribution in [2.24, 2.45) is 0 Å². The Labute approximate surface area is 304 Å². The zero-order valence-corrected chi connectivity index (χ0v) is 28.7. The van der Waals surface area contributed by atoms with Crippen molar-refractivity contribution in [1.82, 2.24) is 0 Å². The quantitative estimate of drug-likeness (QED) is 0.132. The van der Waals surface area contributed by atoms with E-state index in [-0.39, 0.29) is 0 Å². The van der Waals surface area contributed by atoms with Crippen LogP contribution in [0.4, 0.5) is 0 Å². The Morgan fingerprint density at radius 1 is 0.283 bits per heavy atom. The molecule has 1 heteroatoms. The first kappa shape index (κ1) is 28.7. The standard InChI is InChI=1S/C52H30O/c1-2-14-33-31(13-1)25-28-45-38-27-26-32(29-48(38)53-52(33)45)49-41-21-9-11-23-43(41)51(44-24-12-10-22-42(44)49)47-30-46-36-17-4-3-15-34(36)35-16-5-7-19-39(35)50(46)40-20-8-6-18-37(40)47/h1-30H. The highest BCUT2D eigenvalue weighted by Crippen LogP contribution is 2.49. The monoisotopic (exact) mass is 670 g/mol. The first-order valence-electron chi connectivity index (χ1n) is 18.3. The summed E-state index contributed by atoms with van der Waals surface area (Å²) < 4.78 is 6.70. The number of hydrogen-bond donors (Lipinski definition) is 0. The van der Waals surface area contributed by atoms with Gasteiger partial charge in [0.15, 0.2) is 0 Å². The molecule has 0 aliphatic heterocycles. The van der Waals surface area contributed by atoms with Gasteiger partial charge in [-0.05, 0) is 117 Å². The van der Waals surface area contributed by atoms with E-state index in [0.717, 1.165) is 32.9 Å². The Bertz CT molecular complexity index is 3450. The summed E-state index contributed by atoms with van der Waals surface area (Å²) in [6.45, 7) is 0. The van der Waals surface area contributed by atoms with Crippen LogP contribution in [0.25, 0.3) is 120 Å². The van der Waals surface area contributed by atoms with Gasteiger partial charge in [-0.1, -0.05) is 158 Å². The number of hydrogen-bond acceptors (Lipinski definition) is 1. The Hall–Kier alpha value is -6.96. The molecule has 0 saturated heterocycles. The molecule has 0 radical (unpaired) electrons. The Kier molecular flexibility index (Phi) is 5.84. The van der Waals surface area contributed by atoms with Gasteiger partial charge in [0, 0.05) is 16.2 Å². The molecule has 244 valence electrons. The minimum atomic E-state index is 0.908. The zero-order valence-electron chi connectivity index (χ0n) is 28.7. The summed E-state index contributed by atoms with van der Waals surface area (Å²) in [6, 6.07) is 66.8. The van der Waals surface area contributed by atoms with Crippen LogP contribution >= 0.6 is 0 Å². The van der Waals surface area contributed by atoms with Crippen molar-refractivity contribution >= 4 is 97.3 Å². The van der Waals surface area contributed by atoms with E-state index in [9.17, 15) is 0 Å². The molecule has 0 aliphatic carbocycles. The highest BCUT2D eigenvalue weighted by molar-refractivity contribution is 6.34. The average molecular weight is 671 g/mol. The van der Waals surface area contributed by atoms with Gasteiger partial charge in [0.05, 0.1) is 0 Å². The van der Waals surface area contributed by atoms with Crippen LogP contribution in [0.1, 0.15) is 0 Å². The van der Waals surface area contributed by atoms with Crippen LogP contribution in [0.3, 0.4) is 0 Å². The minimum Gasteiger partial charge on any atom is -0.455 e. The largest absolute Gasteiger partial charge is 0.455 e.